The molecule has 492 valence electrons. The summed E-state index contributed by atoms with van der Waals surface area (Å²) < 4.78 is 100. The fourth-order valence-corrected chi connectivity index (χ4v) is 14.4. The van der Waals surface area contributed by atoms with E-state index in [9.17, 15) is 23.2 Å². The van der Waals surface area contributed by atoms with Gasteiger partial charge in [0.2, 0.25) is 0 Å². The summed E-state index contributed by atoms with van der Waals surface area (Å²) in [5.74, 6) is 3.37. The summed E-state index contributed by atoms with van der Waals surface area (Å²) in [6.07, 6.45) is 26.2. The summed E-state index contributed by atoms with van der Waals surface area (Å²) in [6, 6.07) is 37.1. The van der Waals surface area contributed by atoms with Gasteiger partial charge in [0, 0.05) is 0 Å². The van der Waals surface area contributed by atoms with E-state index in [2.05, 4.69) is 69.2 Å². The molecule has 0 aliphatic carbocycles. The normalized spacial score (nSPS) is 13.2. The summed E-state index contributed by atoms with van der Waals surface area (Å²) in [6.45, 7) is 23.1. The van der Waals surface area contributed by atoms with E-state index >= 15 is 0 Å². The van der Waals surface area contributed by atoms with Crippen molar-refractivity contribution in [3.8, 4) is 23.0 Å². The Morgan fingerprint density at radius 1 is 0.337 bits per heavy atom. The maximum atomic E-state index is 13.4. The van der Waals surface area contributed by atoms with Gasteiger partial charge in [0.25, 0.3) is 0 Å². The molecule has 3 atom stereocenters. The van der Waals surface area contributed by atoms with Crippen LogP contribution in [0.5, 0.6) is 23.0 Å². The van der Waals surface area contributed by atoms with Crippen molar-refractivity contribution in [1.82, 2.24) is 0 Å². The van der Waals surface area contributed by atoms with E-state index < -0.39 is 30.8 Å². The first-order valence-corrected chi connectivity index (χ1v) is 39.3. The number of phosphoric acid groups is 2. The fourth-order valence-electron chi connectivity index (χ4n) is 8.40. The smallest absolute Gasteiger partial charge is 0.416 e. The van der Waals surface area contributed by atoms with Crippen LogP contribution < -0.4 is 18.1 Å². The van der Waals surface area contributed by atoms with Crippen LogP contribution >= 0.6 is 30.8 Å². The topological polar surface area (TPSA) is 172 Å². The Hall–Kier alpha value is -3.24. The number of benzene rings is 4. The van der Waals surface area contributed by atoms with Gasteiger partial charge in [-0.3, -0.25) is 22.6 Å². The molecule has 0 fully saturated rings. The summed E-state index contributed by atoms with van der Waals surface area (Å²) in [4.78, 5) is 9.77. The lowest BCUT2D eigenvalue weighted by molar-refractivity contribution is 0.109. The van der Waals surface area contributed by atoms with Gasteiger partial charge in [-0.1, -0.05) is 251 Å². The third-order valence-corrected chi connectivity index (χ3v) is 20.3. The Balaban J connectivity index is 0.000000579. The zero-order valence-electron chi connectivity index (χ0n) is 54.7. The van der Waals surface area contributed by atoms with E-state index in [-0.39, 0.29) is 0 Å². The molecule has 18 heteroatoms. The second-order valence-corrected chi connectivity index (χ2v) is 28.9. The first-order chi connectivity index (χ1) is 41.5. The quantitative estimate of drug-likeness (QED) is 0.0327. The van der Waals surface area contributed by atoms with Crippen LogP contribution in [0.2, 0.25) is 0 Å². The standard InChI is InChI=1S/2C20H27O3P.C16H35O4P.C12H27O4P/c1-3-5-12-18(4-2)17-24(21,22-19-13-8-6-9-14-19)23-20-15-10-7-11-16-20;1-2-3-4-5-6-13-18-24(21,22-19-14-9-7-10-15-19)23-20-16-11-8-12-17-20;1-5-9-11-15(7-3)13-19-21(17,18)20-14-16(8-4)12-10-6-2;1-4-7-10-14-17(13,15-11-8-5-2)16-12-9-6-3/h6-11,13-16,18H,3-5,12,17H2,1-2H3;7-12,14-17H,2-6,13,18H2,1H3;15-16H,5-14H2,1-4H3,(H,17,18);4-12H2,1-3H3. The molecule has 3 unspecified atom stereocenters. The van der Waals surface area contributed by atoms with Crippen LogP contribution in [0.3, 0.4) is 0 Å². The summed E-state index contributed by atoms with van der Waals surface area (Å²) in [5.41, 5.74) is 0. The first-order valence-electron chi connectivity index (χ1n) is 32.9. The SMILES string of the molecule is CCCCC(CC)COP(=O)(O)OCC(CC)CCCC.CCCCC(CC)CP(=O)(Oc1ccccc1)Oc1ccccc1.CCCCCCCCP(=O)(Oc1ccccc1)Oc1ccccc1.CCCCOP(=O)(OCCCC)OCCCC. The minimum Gasteiger partial charge on any atom is -0.416 e. The Morgan fingerprint density at radius 3 is 0.942 bits per heavy atom. The Bertz CT molecular complexity index is 2200. The number of unbranched alkanes of at least 4 members (excludes halogenated alkanes) is 11. The molecule has 14 nitrogen and oxygen atoms in total. The van der Waals surface area contributed by atoms with Crippen molar-refractivity contribution >= 4 is 30.8 Å². The van der Waals surface area contributed by atoms with Gasteiger partial charge in [0.15, 0.2) is 0 Å². The first kappa shape index (κ1) is 80.8. The van der Waals surface area contributed by atoms with E-state index in [4.69, 9.17) is 40.7 Å². The van der Waals surface area contributed by atoms with Gasteiger partial charge in [0.05, 0.1) is 45.4 Å². The number of phosphoric ester groups is 2. The maximum Gasteiger partial charge on any atom is 0.474 e. The average molecular weight is 1280 g/mol. The molecule has 4 aromatic carbocycles. The summed E-state index contributed by atoms with van der Waals surface area (Å²) in [5, 5.41) is 0. The van der Waals surface area contributed by atoms with Gasteiger partial charge in [-0.05, 0) is 111 Å². The van der Waals surface area contributed by atoms with Crippen LogP contribution in [0.1, 0.15) is 223 Å². The predicted molar refractivity (Wildman–Crippen MR) is 358 cm³/mol. The molecule has 0 aliphatic heterocycles. The second-order valence-electron chi connectivity index (χ2n) is 21.8. The Kier molecular flexibility index (Phi) is 48.4. The highest BCUT2D eigenvalue weighted by Crippen LogP contribution is 2.52. The lowest BCUT2D eigenvalue weighted by Crippen LogP contribution is -2.13. The molecule has 0 bridgehead atoms. The fraction of sp³-hybridized carbons (Fsp3) is 0.647. The maximum absolute atomic E-state index is 13.4. The van der Waals surface area contributed by atoms with Gasteiger partial charge < -0.3 is 23.0 Å². The molecule has 86 heavy (non-hydrogen) atoms. The minimum atomic E-state index is -3.89. The van der Waals surface area contributed by atoms with Gasteiger partial charge in [-0.2, -0.15) is 0 Å². The average Bonchev–Trinajstić information content (AvgIpc) is 3.46. The molecule has 4 aromatic rings. The number of hydrogen-bond donors (Lipinski definition) is 1. The number of rotatable bonds is 47. The molecule has 0 saturated heterocycles. The predicted octanol–water partition coefficient (Wildman–Crippen LogP) is 23.3. The lowest BCUT2D eigenvalue weighted by atomic mass is 10.0. The third kappa shape index (κ3) is 41.9. The Labute approximate surface area is 523 Å². The van der Waals surface area contributed by atoms with E-state index in [0.29, 0.717) is 86.1 Å². The van der Waals surface area contributed by atoms with E-state index in [1.807, 2.05) is 121 Å². The lowest BCUT2D eigenvalue weighted by Gasteiger charge is -2.24. The minimum absolute atomic E-state index is 0.316. The van der Waals surface area contributed by atoms with Crippen LogP contribution in [0.15, 0.2) is 121 Å². The zero-order valence-corrected chi connectivity index (χ0v) is 58.3. The summed E-state index contributed by atoms with van der Waals surface area (Å²) in [7, 11) is -13.7. The highest BCUT2D eigenvalue weighted by atomic mass is 31.2. The highest BCUT2D eigenvalue weighted by molar-refractivity contribution is 7.55. The number of hydrogen-bond acceptors (Lipinski definition) is 13. The molecule has 0 aliphatic rings. The van der Waals surface area contributed by atoms with Gasteiger partial charge in [-0.15, -0.1) is 0 Å². The Morgan fingerprint density at radius 2 is 0.628 bits per heavy atom. The van der Waals surface area contributed by atoms with Crippen LogP contribution in [-0.2, 0) is 40.9 Å². The van der Waals surface area contributed by atoms with Crippen molar-refractivity contribution in [2.75, 3.05) is 45.4 Å². The molecular weight excluding hydrogens is 1160 g/mol. The van der Waals surface area contributed by atoms with Crippen LogP contribution in [0.4, 0.5) is 0 Å². The third-order valence-electron chi connectivity index (χ3n) is 14.0. The molecule has 0 radical (unpaired) electrons. The van der Waals surface area contributed by atoms with E-state index in [1.165, 1.54) is 25.7 Å². The molecule has 0 spiro atoms. The zero-order chi connectivity index (χ0) is 63.5. The second kappa shape index (κ2) is 51.5. The molecule has 4 rings (SSSR count). The molecule has 0 saturated carbocycles. The van der Waals surface area contributed by atoms with Crippen molar-refractivity contribution in [3.63, 3.8) is 0 Å². The monoisotopic (exact) mass is 1280 g/mol. The molecular formula is C68H116O14P4. The molecule has 0 aromatic heterocycles. The highest BCUT2D eigenvalue weighted by Gasteiger charge is 2.32. The van der Waals surface area contributed by atoms with Gasteiger partial charge >= 0.3 is 30.8 Å². The molecule has 1 N–H and O–H groups in total. The largest absolute Gasteiger partial charge is 0.474 e. The number of para-hydroxylation sites is 4. The van der Waals surface area contributed by atoms with Crippen molar-refractivity contribution < 1.29 is 63.9 Å². The van der Waals surface area contributed by atoms with E-state index in [0.717, 1.165) is 128 Å². The van der Waals surface area contributed by atoms with E-state index in [1.54, 1.807) is 0 Å². The summed E-state index contributed by atoms with van der Waals surface area (Å²) >= 11 is 0. The van der Waals surface area contributed by atoms with Crippen LogP contribution in [-0.4, -0.2) is 50.3 Å². The van der Waals surface area contributed by atoms with Crippen molar-refractivity contribution in [3.05, 3.63) is 121 Å². The van der Waals surface area contributed by atoms with Gasteiger partial charge in [0.1, 0.15) is 23.0 Å². The van der Waals surface area contributed by atoms with Crippen LogP contribution in [0.25, 0.3) is 0 Å². The van der Waals surface area contributed by atoms with Crippen molar-refractivity contribution in [2.45, 2.75) is 223 Å². The van der Waals surface area contributed by atoms with Crippen molar-refractivity contribution in [1.29, 1.82) is 0 Å². The molecule has 0 amide bonds. The van der Waals surface area contributed by atoms with Crippen LogP contribution in [0, 0.1) is 17.8 Å². The van der Waals surface area contributed by atoms with Gasteiger partial charge in [-0.25, -0.2) is 18.3 Å². The van der Waals surface area contributed by atoms with Crippen molar-refractivity contribution in [2.24, 2.45) is 17.8 Å². The molecule has 0 heterocycles.